The fourth-order valence-electron chi connectivity index (χ4n) is 3.10. The van der Waals surface area contributed by atoms with Crippen LogP contribution in [0.3, 0.4) is 0 Å². The number of rotatable bonds is 5. The topological polar surface area (TPSA) is 56.0 Å². The Morgan fingerprint density at radius 2 is 1.96 bits per heavy atom. The fraction of sp³-hybridized carbons (Fsp3) is 0.286. The molecule has 1 aromatic heterocycles. The molecule has 1 atom stereocenters. The SMILES string of the molecule is COc1ccc([C@H](C)[NH2+]Cc2cc(=O)oc3c(C)c(C)ccc23)cc1Br. The molecule has 0 aliphatic rings. The van der Waals surface area contributed by atoms with E-state index in [-0.39, 0.29) is 11.7 Å². The van der Waals surface area contributed by atoms with Crippen LogP contribution in [-0.2, 0) is 6.54 Å². The van der Waals surface area contributed by atoms with E-state index in [9.17, 15) is 4.79 Å². The molecule has 0 fully saturated rings. The van der Waals surface area contributed by atoms with E-state index < -0.39 is 0 Å². The monoisotopic (exact) mass is 416 g/mol. The minimum Gasteiger partial charge on any atom is -0.496 e. The highest BCUT2D eigenvalue weighted by molar-refractivity contribution is 9.10. The van der Waals surface area contributed by atoms with E-state index in [1.807, 2.05) is 26.0 Å². The lowest BCUT2D eigenvalue weighted by Crippen LogP contribution is -2.83. The van der Waals surface area contributed by atoms with Gasteiger partial charge in [-0.25, -0.2) is 4.79 Å². The molecule has 2 aromatic carbocycles. The van der Waals surface area contributed by atoms with Gasteiger partial charge >= 0.3 is 5.63 Å². The molecule has 4 nitrogen and oxygen atoms in total. The van der Waals surface area contributed by atoms with Crippen LogP contribution >= 0.6 is 15.9 Å². The molecule has 0 unspecified atom stereocenters. The van der Waals surface area contributed by atoms with Gasteiger partial charge in [0.1, 0.15) is 23.9 Å². The number of quaternary nitrogens is 1. The zero-order valence-electron chi connectivity index (χ0n) is 15.4. The largest absolute Gasteiger partial charge is 0.496 e. The quantitative estimate of drug-likeness (QED) is 0.639. The summed E-state index contributed by atoms with van der Waals surface area (Å²) < 4.78 is 11.7. The Bertz CT molecular complexity index is 1010. The van der Waals surface area contributed by atoms with Crippen molar-refractivity contribution in [2.45, 2.75) is 33.4 Å². The normalized spacial score (nSPS) is 12.3. The molecule has 5 heteroatoms. The van der Waals surface area contributed by atoms with Crippen LogP contribution in [0.15, 0.2) is 50.1 Å². The van der Waals surface area contributed by atoms with Gasteiger partial charge in [-0.05, 0) is 66.0 Å². The molecule has 0 saturated heterocycles. The van der Waals surface area contributed by atoms with Gasteiger partial charge in [-0.1, -0.05) is 12.1 Å². The van der Waals surface area contributed by atoms with Crippen molar-refractivity contribution in [1.82, 2.24) is 0 Å². The predicted octanol–water partition coefficient (Wildman–Crippen LogP) is 4.01. The van der Waals surface area contributed by atoms with Crippen molar-refractivity contribution in [3.63, 3.8) is 0 Å². The van der Waals surface area contributed by atoms with Crippen molar-refractivity contribution >= 4 is 26.9 Å². The Kier molecular flexibility index (Phi) is 5.49. The summed E-state index contributed by atoms with van der Waals surface area (Å²) in [6.07, 6.45) is 0. The Labute approximate surface area is 161 Å². The number of hydrogen-bond donors (Lipinski definition) is 1. The third-order valence-corrected chi connectivity index (χ3v) is 5.53. The van der Waals surface area contributed by atoms with Gasteiger partial charge in [-0.2, -0.15) is 0 Å². The summed E-state index contributed by atoms with van der Waals surface area (Å²) in [5.74, 6) is 0.818. The van der Waals surface area contributed by atoms with Crippen molar-refractivity contribution in [3.8, 4) is 5.75 Å². The van der Waals surface area contributed by atoms with Gasteiger partial charge in [-0.3, -0.25) is 0 Å². The van der Waals surface area contributed by atoms with Gasteiger partial charge in [-0.15, -0.1) is 0 Å². The maximum Gasteiger partial charge on any atom is 0.336 e. The summed E-state index contributed by atoms with van der Waals surface area (Å²) in [5, 5.41) is 3.23. The van der Waals surface area contributed by atoms with E-state index in [0.29, 0.717) is 12.1 Å². The Hall–Kier alpha value is -2.11. The minimum atomic E-state index is -0.297. The number of ether oxygens (including phenoxy) is 1. The summed E-state index contributed by atoms with van der Waals surface area (Å²) in [6.45, 7) is 6.87. The molecule has 0 aliphatic heterocycles. The van der Waals surface area contributed by atoms with E-state index in [1.165, 1.54) is 5.56 Å². The van der Waals surface area contributed by atoms with Crippen LogP contribution < -0.4 is 15.7 Å². The van der Waals surface area contributed by atoms with Crippen molar-refractivity contribution in [2.75, 3.05) is 7.11 Å². The van der Waals surface area contributed by atoms with Crippen molar-refractivity contribution in [3.05, 3.63) is 73.5 Å². The van der Waals surface area contributed by atoms with Crippen LogP contribution in [0.1, 0.15) is 35.2 Å². The summed E-state index contributed by atoms with van der Waals surface area (Å²) in [4.78, 5) is 12.0. The molecule has 2 N–H and O–H groups in total. The molecule has 0 spiro atoms. The minimum absolute atomic E-state index is 0.242. The second-order valence-electron chi connectivity index (χ2n) is 6.60. The van der Waals surface area contributed by atoms with Crippen molar-refractivity contribution in [2.24, 2.45) is 0 Å². The maximum atomic E-state index is 12.0. The van der Waals surface area contributed by atoms with Crippen LogP contribution in [-0.4, -0.2) is 7.11 Å². The van der Waals surface area contributed by atoms with Gasteiger partial charge in [0, 0.05) is 22.6 Å². The maximum absolute atomic E-state index is 12.0. The molecule has 0 radical (unpaired) electrons. The van der Waals surface area contributed by atoms with E-state index in [1.54, 1.807) is 13.2 Å². The smallest absolute Gasteiger partial charge is 0.336 e. The number of aryl methyl sites for hydroxylation is 2. The van der Waals surface area contributed by atoms with E-state index in [2.05, 4.69) is 46.4 Å². The van der Waals surface area contributed by atoms with Crippen molar-refractivity contribution < 1.29 is 14.5 Å². The van der Waals surface area contributed by atoms with E-state index in [0.717, 1.165) is 32.3 Å². The molecular weight excluding hydrogens is 394 g/mol. The number of nitrogens with two attached hydrogens (primary N) is 1. The number of halogens is 1. The van der Waals surface area contributed by atoms with Gasteiger partial charge in [0.2, 0.25) is 0 Å². The third kappa shape index (κ3) is 3.69. The zero-order valence-corrected chi connectivity index (χ0v) is 17.0. The highest BCUT2D eigenvalue weighted by Crippen LogP contribution is 2.27. The first-order valence-electron chi connectivity index (χ1n) is 8.60. The second-order valence-corrected chi connectivity index (χ2v) is 7.45. The molecule has 26 heavy (non-hydrogen) atoms. The first-order chi connectivity index (χ1) is 12.4. The summed E-state index contributed by atoms with van der Waals surface area (Å²) in [6, 6.07) is 12.1. The molecule has 136 valence electrons. The lowest BCUT2D eigenvalue weighted by atomic mass is 10.0. The third-order valence-electron chi connectivity index (χ3n) is 4.91. The van der Waals surface area contributed by atoms with Crippen LogP contribution in [0.2, 0.25) is 0 Å². The summed E-state index contributed by atoms with van der Waals surface area (Å²) in [5.41, 5.74) is 4.73. The van der Waals surface area contributed by atoms with Crippen LogP contribution in [0.25, 0.3) is 11.0 Å². The number of fused-ring (bicyclic) bond motifs is 1. The fourth-order valence-corrected chi connectivity index (χ4v) is 3.66. The molecule has 0 amide bonds. The highest BCUT2D eigenvalue weighted by Gasteiger charge is 2.14. The molecule has 0 bridgehead atoms. The number of hydrogen-bond acceptors (Lipinski definition) is 3. The van der Waals surface area contributed by atoms with E-state index >= 15 is 0 Å². The molecule has 3 rings (SSSR count). The van der Waals surface area contributed by atoms with Crippen LogP contribution in [0, 0.1) is 13.8 Å². The average molecular weight is 417 g/mol. The lowest BCUT2D eigenvalue weighted by molar-refractivity contribution is -0.707. The molecular formula is C21H23BrNO3+. The van der Waals surface area contributed by atoms with Crippen LogP contribution in [0.5, 0.6) is 5.75 Å². The van der Waals surface area contributed by atoms with Gasteiger partial charge in [0.05, 0.1) is 11.6 Å². The Morgan fingerprint density at radius 3 is 2.65 bits per heavy atom. The highest BCUT2D eigenvalue weighted by atomic mass is 79.9. The van der Waals surface area contributed by atoms with E-state index in [4.69, 9.17) is 9.15 Å². The van der Waals surface area contributed by atoms with Gasteiger partial charge in [0.25, 0.3) is 0 Å². The average Bonchev–Trinajstić information content (AvgIpc) is 2.62. The second kappa shape index (κ2) is 7.64. The molecule has 1 heterocycles. The molecule has 3 aromatic rings. The Morgan fingerprint density at radius 1 is 1.19 bits per heavy atom. The number of methoxy groups -OCH3 is 1. The molecule has 0 aliphatic carbocycles. The van der Waals surface area contributed by atoms with Crippen molar-refractivity contribution in [1.29, 1.82) is 0 Å². The first-order valence-corrected chi connectivity index (χ1v) is 9.39. The van der Waals surface area contributed by atoms with Gasteiger partial charge < -0.3 is 14.5 Å². The standard InChI is InChI=1S/C21H22BrNO3/c1-12-5-7-17-16(10-20(24)26-21(17)13(12)2)11-23-14(3)15-6-8-19(25-4)18(22)9-15/h5-10,14,23H,11H2,1-4H3/p+1/t14-/m0/s1. The molecule has 0 saturated carbocycles. The summed E-state index contributed by atoms with van der Waals surface area (Å²) >= 11 is 3.54. The number of benzene rings is 2. The predicted molar refractivity (Wildman–Crippen MR) is 107 cm³/mol. The zero-order chi connectivity index (χ0) is 18.8. The Balaban J connectivity index is 1.86. The van der Waals surface area contributed by atoms with Gasteiger partial charge in [0.15, 0.2) is 0 Å². The summed E-state index contributed by atoms with van der Waals surface area (Å²) in [7, 11) is 1.66. The lowest BCUT2D eigenvalue weighted by Gasteiger charge is -2.14. The van der Waals surface area contributed by atoms with Crippen LogP contribution in [0.4, 0.5) is 0 Å². The first kappa shape index (κ1) is 18.7.